The third kappa shape index (κ3) is 8.62. The highest BCUT2D eigenvalue weighted by Crippen LogP contribution is 2.26. The molecule has 0 radical (unpaired) electrons. The lowest BCUT2D eigenvalue weighted by molar-refractivity contribution is -0.145. The van der Waals surface area contributed by atoms with E-state index in [0.717, 1.165) is 22.9 Å². The lowest BCUT2D eigenvalue weighted by Gasteiger charge is -2.11. The van der Waals surface area contributed by atoms with Crippen molar-refractivity contribution in [1.82, 2.24) is 0 Å². The van der Waals surface area contributed by atoms with Gasteiger partial charge in [0.2, 0.25) is 20.4 Å². The molecule has 4 rings (SSSR count). The molecule has 10 nitrogen and oxygen atoms in total. The van der Waals surface area contributed by atoms with Gasteiger partial charge in [-0.15, -0.1) is 0 Å². The van der Waals surface area contributed by atoms with Crippen LogP contribution in [0.1, 0.15) is 10.4 Å². The van der Waals surface area contributed by atoms with Gasteiger partial charge in [0.05, 0.1) is 5.56 Å². The van der Waals surface area contributed by atoms with Crippen molar-refractivity contribution >= 4 is 28.7 Å². The minimum absolute atomic E-state index is 0.0256. The first-order valence-electron chi connectivity index (χ1n) is 12.5. The van der Waals surface area contributed by atoms with Crippen LogP contribution in [0.4, 0.5) is 0 Å². The maximum Gasteiger partial charge on any atom is 0.343 e. The summed E-state index contributed by atoms with van der Waals surface area (Å²) in [6.45, 7) is 6.10. The van der Waals surface area contributed by atoms with Crippen LogP contribution in [0.2, 0.25) is 0 Å². The van der Waals surface area contributed by atoms with Gasteiger partial charge >= 0.3 is 17.9 Å². The third-order valence-corrected chi connectivity index (χ3v) is 5.55. The second kappa shape index (κ2) is 14.6. The van der Waals surface area contributed by atoms with Gasteiger partial charge in [-0.3, -0.25) is 0 Å². The van der Waals surface area contributed by atoms with E-state index in [0.29, 0.717) is 34.3 Å². The summed E-state index contributed by atoms with van der Waals surface area (Å²) in [7, 11) is 0. The number of rotatable bonds is 14. The van der Waals surface area contributed by atoms with Gasteiger partial charge in [0.1, 0.15) is 28.7 Å². The van der Waals surface area contributed by atoms with Crippen molar-refractivity contribution in [2.75, 3.05) is 20.4 Å². The van der Waals surface area contributed by atoms with Crippen LogP contribution < -0.4 is 23.7 Å². The second-order valence-corrected chi connectivity index (χ2v) is 8.32. The molecule has 214 valence electrons. The highest BCUT2D eigenvalue weighted by Gasteiger charge is 2.10. The van der Waals surface area contributed by atoms with E-state index in [2.05, 4.69) is 13.2 Å². The lowest BCUT2D eigenvalue weighted by Crippen LogP contribution is -2.09. The van der Waals surface area contributed by atoms with Crippen LogP contribution in [0.5, 0.6) is 28.7 Å². The quantitative estimate of drug-likeness (QED) is 0.0820. The Hall–Kier alpha value is -5.77. The summed E-state index contributed by atoms with van der Waals surface area (Å²) in [5.41, 5.74) is 0.325. The van der Waals surface area contributed by atoms with Crippen LogP contribution in [-0.4, -0.2) is 38.3 Å². The Morgan fingerprint density at radius 3 is 1.45 bits per heavy atom. The third-order valence-electron chi connectivity index (χ3n) is 5.55. The molecule has 0 atom stereocenters. The van der Waals surface area contributed by atoms with Gasteiger partial charge < -0.3 is 33.2 Å². The lowest BCUT2D eigenvalue weighted by atomic mass is 10.1. The second-order valence-electron chi connectivity index (χ2n) is 8.32. The largest absolute Gasteiger partial charge is 0.457 e. The summed E-state index contributed by atoms with van der Waals surface area (Å²) >= 11 is 0. The van der Waals surface area contributed by atoms with Gasteiger partial charge in [-0.25, -0.2) is 14.4 Å². The Labute approximate surface area is 241 Å². The van der Waals surface area contributed by atoms with Crippen molar-refractivity contribution in [1.29, 1.82) is 0 Å². The molecular weight excluding hydrogens is 544 g/mol. The molecule has 0 fully saturated rings. The number of carbonyl (C=O) groups is 3. The first-order chi connectivity index (χ1) is 20.4. The van der Waals surface area contributed by atoms with Crippen LogP contribution in [0.25, 0.3) is 10.8 Å². The zero-order valence-electron chi connectivity index (χ0n) is 22.4. The van der Waals surface area contributed by atoms with Crippen molar-refractivity contribution in [3.63, 3.8) is 0 Å². The summed E-state index contributed by atoms with van der Waals surface area (Å²) in [5.74, 6) is 0.772. The van der Waals surface area contributed by atoms with Gasteiger partial charge in [-0.2, -0.15) is 0 Å². The number of esters is 3. The molecule has 0 aliphatic carbocycles. The first-order valence-corrected chi connectivity index (χ1v) is 12.5. The van der Waals surface area contributed by atoms with Gasteiger partial charge in [-0.05, 0) is 83.6 Å². The summed E-state index contributed by atoms with van der Waals surface area (Å²) in [6, 6.07) is 23.7. The molecule has 4 aromatic carbocycles. The van der Waals surface area contributed by atoms with Crippen molar-refractivity contribution in [3.8, 4) is 28.7 Å². The van der Waals surface area contributed by atoms with Crippen molar-refractivity contribution in [2.24, 2.45) is 0 Å². The van der Waals surface area contributed by atoms with Crippen molar-refractivity contribution in [3.05, 3.63) is 116 Å². The minimum Gasteiger partial charge on any atom is -0.457 e. The number of fused-ring (bicyclic) bond motifs is 1. The molecule has 4 aromatic rings. The minimum atomic E-state index is -0.596. The molecule has 0 aliphatic heterocycles. The van der Waals surface area contributed by atoms with Gasteiger partial charge in [0.25, 0.3) is 0 Å². The van der Waals surface area contributed by atoms with E-state index in [1.165, 1.54) is 0 Å². The fraction of sp³-hybridized carbons (Fsp3) is 0.0938. The van der Waals surface area contributed by atoms with Crippen LogP contribution in [0, 0.1) is 0 Å². The molecular formula is C32H26O10. The van der Waals surface area contributed by atoms with Gasteiger partial charge in [0.15, 0.2) is 0 Å². The number of hydrogen-bond donors (Lipinski definition) is 0. The van der Waals surface area contributed by atoms with Gasteiger partial charge in [-0.1, -0.05) is 25.3 Å². The Kier molecular flexibility index (Phi) is 10.1. The predicted octanol–water partition coefficient (Wildman–Crippen LogP) is 5.61. The Bertz CT molecular complexity index is 1560. The van der Waals surface area contributed by atoms with Crippen molar-refractivity contribution < 1.29 is 47.5 Å². The molecule has 0 bridgehead atoms. The Morgan fingerprint density at radius 1 is 0.524 bits per heavy atom. The van der Waals surface area contributed by atoms with Crippen LogP contribution in [-0.2, 0) is 19.1 Å². The SMILES string of the molecule is C=CC(=O)OCOc1ccc(OCOc2ccc3cc(OC(=O)c4ccc(OCOC(=O)C=C)cc4)ccc3c2)cc1. The maximum absolute atomic E-state index is 12.6. The molecule has 10 heteroatoms. The summed E-state index contributed by atoms with van der Waals surface area (Å²) in [4.78, 5) is 34.7. The van der Waals surface area contributed by atoms with E-state index in [-0.39, 0.29) is 20.4 Å². The fourth-order valence-corrected chi connectivity index (χ4v) is 3.44. The van der Waals surface area contributed by atoms with E-state index in [1.807, 2.05) is 18.2 Å². The highest BCUT2D eigenvalue weighted by atomic mass is 16.7. The monoisotopic (exact) mass is 570 g/mol. The van der Waals surface area contributed by atoms with E-state index < -0.39 is 17.9 Å². The highest BCUT2D eigenvalue weighted by molar-refractivity contribution is 5.92. The number of ether oxygens (including phenoxy) is 7. The topological polar surface area (TPSA) is 116 Å². The standard InChI is InChI=1S/C32H26O10/c1-3-30(33)40-20-37-25-9-5-22(6-10-25)32(35)42-29-12-8-23-17-28(11-7-24(23)18-29)39-19-36-26-13-15-27(16-14-26)38-21-41-31(34)4-2/h3-18H,1-2,19-21H2. The van der Waals surface area contributed by atoms with Crippen molar-refractivity contribution in [2.45, 2.75) is 0 Å². The van der Waals surface area contributed by atoms with E-state index in [9.17, 15) is 14.4 Å². The Morgan fingerprint density at radius 2 is 0.929 bits per heavy atom. The molecule has 0 unspecified atom stereocenters. The van der Waals surface area contributed by atoms with E-state index in [4.69, 9.17) is 33.2 Å². The van der Waals surface area contributed by atoms with Crippen LogP contribution in [0.15, 0.2) is 110 Å². The number of benzene rings is 4. The van der Waals surface area contributed by atoms with E-state index in [1.54, 1.807) is 66.7 Å². The molecule has 0 spiro atoms. The summed E-state index contributed by atoms with van der Waals surface area (Å²) in [6.07, 6.45) is 2.09. The van der Waals surface area contributed by atoms with Crippen LogP contribution in [0.3, 0.4) is 0 Å². The normalized spacial score (nSPS) is 10.2. The summed E-state index contributed by atoms with van der Waals surface area (Å²) < 4.78 is 36.9. The van der Waals surface area contributed by atoms with Gasteiger partial charge in [0, 0.05) is 12.2 Å². The zero-order chi connectivity index (χ0) is 29.7. The maximum atomic E-state index is 12.6. The average Bonchev–Trinajstić information content (AvgIpc) is 3.02. The van der Waals surface area contributed by atoms with Crippen LogP contribution >= 0.6 is 0 Å². The molecule has 0 saturated carbocycles. The number of carbonyl (C=O) groups excluding carboxylic acids is 3. The molecule has 0 N–H and O–H groups in total. The molecule has 0 aliphatic rings. The smallest absolute Gasteiger partial charge is 0.343 e. The fourth-order valence-electron chi connectivity index (χ4n) is 3.44. The zero-order valence-corrected chi connectivity index (χ0v) is 22.4. The molecule has 42 heavy (non-hydrogen) atoms. The molecule has 0 aromatic heterocycles. The first kappa shape index (κ1) is 29.2. The summed E-state index contributed by atoms with van der Waals surface area (Å²) in [5, 5.41) is 1.73. The van der Waals surface area contributed by atoms with E-state index >= 15 is 0 Å². The molecule has 0 amide bonds. The number of hydrogen-bond acceptors (Lipinski definition) is 10. The predicted molar refractivity (Wildman–Crippen MR) is 151 cm³/mol. The molecule has 0 heterocycles. The average molecular weight is 571 g/mol. The Balaban J connectivity index is 1.25. The molecule has 0 saturated heterocycles.